The largest absolute Gasteiger partial charge is 0.376 e. The Morgan fingerprint density at radius 2 is 1.96 bits per heavy atom. The van der Waals surface area contributed by atoms with E-state index in [-0.39, 0.29) is 22.9 Å². The molecule has 0 N–H and O–H groups in total. The minimum absolute atomic E-state index is 0.0400. The Bertz CT molecular complexity index is 722. The Morgan fingerprint density at radius 3 is 2.50 bits per heavy atom. The third kappa shape index (κ3) is 4.24. The molecule has 26 heavy (non-hydrogen) atoms. The highest BCUT2D eigenvalue weighted by Gasteiger charge is 2.31. The molecule has 6 nitrogen and oxygen atoms in total. The Hall–Kier alpha value is -1.09. The minimum atomic E-state index is -3.49. The summed E-state index contributed by atoms with van der Waals surface area (Å²) in [6.45, 7) is 1.38. The quantitative estimate of drug-likeness (QED) is 0.734. The van der Waals surface area contributed by atoms with Gasteiger partial charge in [0.05, 0.1) is 11.0 Å². The first-order valence-electron chi connectivity index (χ1n) is 8.92. The van der Waals surface area contributed by atoms with E-state index in [1.165, 1.54) is 30.5 Å². The summed E-state index contributed by atoms with van der Waals surface area (Å²) in [4.78, 5) is 15.2. The SMILES string of the molecule is CN(C)S(=O)(=O)c1ccc(C(=O)N(CC2CCCO2)C2CCSC2)cc1. The lowest BCUT2D eigenvalue weighted by molar-refractivity contribution is 0.0441. The lowest BCUT2D eigenvalue weighted by atomic mass is 10.1. The summed E-state index contributed by atoms with van der Waals surface area (Å²) in [5.41, 5.74) is 0.526. The van der Waals surface area contributed by atoms with Crippen molar-refractivity contribution in [2.24, 2.45) is 0 Å². The minimum Gasteiger partial charge on any atom is -0.376 e. The topological polar surface area (TPSA) is 66.9 Å². The molecule has 2 aliphatic heterocycles. The number of hydrogen-bond acceptors (Lipinski definition) is 5. The first kappa shape index (κ1) is 19.7. The van der Waals surface area contributed by atoms with Crippen molar-refractivity contribution in [2.75, 3.05) is 38.8 Å². The summed E-state index contributed by atoms with van der Waals surface area (Å²) in [6.07, 6.45) is 3.14. The molecule has 0 aromatic heterocycles. The normalized spacial score (nSPS) is 23.5. The summed E-state index contributed by atoms with van der Waals surface area (Å²) in [7, 11) is -0.498. The highest BCUT2D eigenvalue weighted by Crippen LogP contribution is 2.26. The van der Waals surface area contributed by atoms with E-state index in [4.69, 9.17) is 4.74 Å². The van der Waals surface area contributed by atoms with E-state index >= 15 is 0 Å². The average molecular weight is 399 g/mol. The molecule has 0 saturated carbocycles. The van der Waals surface area contributed by atoms with Gasteiger partial charge in [0, 0.05) is 44.6 Å². The van der Waals surface area contributed by atoms with E-state index in [0.29, 0.717) is 12.1 Å². The Morgan fingerprint density at radius 1 is 1.23 bits per heavy atom. The molecule has 1 aromatic carbocycles. The van der Waals surface area contributed by atoms with Crippen LogP contribution >= 0.6 is 11.8 Å². The van der Waals surface area contributed by atoms with Gasteiger partial charge in [-0.25, -0.2) is 12.7 Å². The van der Waals surface area contributed by atoms with Crippen LogP contribution in [0, 0.1) is 0 Å². The molecule has 144 valence electrons. The smallest absolute Gasteiger partial charge is 0.254 e. The van der Waals surface area contributed by atoms with Crippen molar-refractivity contribution in [2.45, 2.75) is 36.3 Å². The van der Waals surface area contributed by atoms with E-state index in [2.05, 4.69) is 0 Å². The van der Waals surface area contributed by atoms with E-state index in [0.717, 1.165) is 37.4 Å². The van der Waals surface area contributed by atoms with Crippen LogP contribution in [0.25, 0.3) is 0 Å². The van der Waals surface area contributed by atoms with Gasteiger partial charge in [-0.15, -0.1) is 0 Å². The maximum Gasteiger partial charge on any atom is 0.254 e. The van der Waals surface area contributed by atoms with Crippen LogP contribution in [0.5, 0.6) is 0 Å². The van der Waals surface area contributed by atoms with E-state index < -0.39 is 10.0 Å². The molecule has 2 atom stereocenters. The number of benzene rings is 1. The molecule has 0 bridgehead atoms. The van der Waals surface area contributed by atoms with Gasteiger partial charge >= 0.3 is 0 Å². The summed E-state index contributed by atoms with van der Waals surface area (Å²) in [6, 6.07) is 6.47. The number of carbonyl (C=O) groups excluding carboxylic acids is 1. The molecule has 2 aliphatic rings. The van der Waals surface area contributed by atoms with Crippen LogP contribution in [0.15, 0.2) is 29.2 Å². The molecule has 2 fully saturated rings. The Kier molecular flexibility index (Phi) is 6.27. The number of sulfonamides is 1. The lowest BCUT2D eigenvalue weighted by Crippen LogP contribution is -2.44. The molecule has 2 saturated heterocycles. The van der Waals surface area contributed by atoms with Gasteiger partial charge in [0.1, 0.15) is 0 Å². The van der Waals surface area contributed by atoms with Crippen LogP contribution in [0.3, 0.4) is 0 Å². The zero-order valence-electron chi connectivity index (χ0n) is 15.3. The molecule has 0 aliphatic carbocycles. The van der Waals surface area contributed by atoms with Crippen molar-refractivity contribution < 1.29 is 17.9 Å². The molecule has 3 rings (SSSR count). The fourth-order valence-corrected chi connectivity index (χ4v) is 5.45. The second kappa shape index (κ2) is 8.29. The van der Waals surface area contributed by atoms with Crippen molar-refractivity contribution in [1.29, 1.82) is 0 Å². The number of thioether (sulfide) groups is 1. The number of rotatable bonds is 6. The van der Waals surface area contributed by atoms with Crippen LogP contribution in [0.4, 0.5) is 0 Å². The summed E-state index contributed by atoms with van der Waals surface area (Å²) >= 11 is 1.87. The van der Waals surface area contributed by atoms with Crippen LogP contribution in [-0.4, -0.2) is 74.4 Å². The molecule has 2 unspecified atom stereocenters. The zero-order chi connectivity index (χ0) is 18.7. The van der Waals surface area contributed by atoms with Crippen molar-refractivity contribution in [1.82, 2.24) is 9.21 Å². The molecule has 0 spiro atoms. The molecule has 0 radical (unpaired) electrons. The number of amides is 1. The first-order valence-corrected chi connectivity index (χ1v) is 11.5. The van der Waals surface area contributed by atoms with Crippen molar-refractivity contribution >= 4 is 27.7 Å². The second-order valence-corrected chi connectivity index (χ2v) is 10.2. The first-order chi connectivity index (χ1) is 12.4. The van der Waals surface area contributed by atoms with Gasteiger partial charge in [-0.3, -0.25) is 4.79 Å². The third-order valence-corrected chi connectivity index (χ3v) is 7.89. The number of nitrogens with zero attached hydrogens (tertiary/aromatic N) is 2. The fraction of sp³-hybridized carbons (Fsp3) is 0.611. The van der Waals surface area contributed by atoms with Crippen molar-refractivity contribution in [3.63, 3.8) is 0 Å². The van der Waals surface area contributed by atoms with Crippen molar-refractivity contribution in [3.05, 3.63) is 29.8 Å². The van der Waals surface area contributed by atoms with Gasteiger partial charge in [0.25, 0.3) is 5.91 Å². The van der Waals surface area contributed by atoms with Crippen molar-refractivity contribution in [3.8, 4) is 0 Å². The van der Waals surface area contributed by atoms with Gasteiger partial charge in [0.2, 0.25) is 10.0 Å². The summed E-state index contributed by atoms with van der Waals surface area (Å²) in [5.74, 6) is 1.98. The molecule has 2 heterocycles. The average Bonchev–Trinajstić information content (AvgIpc) is 3.32. The maximum absolute atomic E-state index is 13.1. The van der Waals surface area contributed by atoms with Crippen LogP contribution in [0.2, 0.25) is 0 Å². The predicted molar refractivity (Wildman–Crippen MR) is 103 cm³/mol. The molecular formula is C18H26N2O4S2. The van der Waals surface area contributed by atoms with E-state index in [9.17, 15) is 13.2 Å². The number of hydrogen-bond donors (Lipinski definition) is 0. The van der Waals surface area contributed by atoms with Gasteiger partial charge in [-0.1, -0.05) is 0 Å². The highest BCUT2D eigenvalue weighted by atomic mass is 32.2. The van der Waals surface area contributed by atoms with Gasteiger partial charge in [-0.05, 0) is 49.3 Å². The molecular weight excluding hydrogens is 372 g/mol. The third-order valence-electron chi connectivity index (χ3n) is 4.91. The maximum atomic E-state index is 13.1. The lowest BCUT2D eigenvalue weighted by Gasteiger charge is -2.31. The summed E-state index contributed by atoms with van der Waals surface area (Å²) in [5, 5.41) is 0. The molecule has 1 aromatic rings. The van der Waals surface area contributed by atoms with Gasteiger partial charge in [-0.2, -0.15) is 11.8 Å². The summed E-state index contributed by atoms with van der Waals surface area (Å²) < 4.78 is 31.3. The number of carbonyl (C=O) groups is 1. The fourth-order valence-electron chi connectivity index (χ4n) is 3.32. The monoisotopic (exact) mass is 398 g/mol. The van der Waals surface area contributed by atoms with E-state index in [1.54, 1.807) is 12.1 Å². The standard InChI is InChI=1S/C18H26N2O4S2/c1-19(2)26(22,23)17-7-5-14(6-8-17)18(21)20(15-9-11-25-13-15)12-16-4-3-10-24-16/h5-8,15-16H,3-4,9-13H2,1-2H3. The highest BCUT2D eigenvalue weighted by molar-refractivity contribution is 7.99. The molecule has 8 heteroatoms. The zero-order valence-corrected chi connectivity index (χ0v) is 16.9. The van der Waals surface area contributed by atoms with Crippen LogP contribution in [-0.2, 0) is 14.8 Å². The predicted octanol–water partition coefficient (Wildman–Crippen LogP) is 2.06. The van der Waals surface area contributed by atoms with E-state index in [1.807, 2.05) is 16.7 Å². The van der Waals surface area contributed by atoms with Crippen LogP contribution < -0.4 is 0 Å². The van der Waals surface area contributed by atoms with Crippen LogP contribution in [0.1, 0.15) is 29.6 Å². The Labute approximate surface area is 159 Å². The Balaban J connectivity index is 1.79. The molecule has 1 amide bonds. The second-order valence-electron chi connectivity index (χ2n) is 6.92. The van der Waals surface area contributed by atoms with Gasteiger partial charge in [0.15, 0.2) is 0 Å². The van der Waals surface area contributed by atoms with Gasteiger partial charge < -0.3 is 9.64 Å². The number of ether oxygens (including phenoxy) is 1.